The molecule has 0 N–H and O–H groups in total. The number of aromatic nitrogens is 1. The highest BCUT2D eigenvalue weighted by molar-refractivity contribution is 5.93. The molecule has 5 heteroatoms. The van der Waals surface area contributed by atoms with Crippen LogP contribution in [0.1, 0.15) is 34.7 Å². The van der Waals surface area contributed by atoms with Crippen LogP contribution in [0.4, 0.5) is 0 Å². The fourth-order valence-electron chi connectivity index (χ4n) is 3.42. The van der Waals surface area contributed by atoms with Gasteiger partial charge in [-0.25, -0.2) is 4.98 Å². The Bertz CT molecular complexity index is 724. The highest BCUT2D eigenvalue weighted by Crippen LogP contribution is 2.38. The summed E-state index contributed by atoms with van der Waals surface area (Å²) < 4.78 is 11.4. The van der Waals surface area contributed by atoms with Crippen LogP contribution in [0.5, 0.6) is 5.75 Å². The van der Waals surface area contributed by atoms with Crippen LogP contribution in [0, 0.1) is 6.92 Å². The number of ether oxygens (including phenoxy) is 1. The van der Waals surface area contributed by atoms with Gasteiger partial charge in [-0.15, -0.1) is 0 Å². The van der Waals surface area contributed by atoms with Crippen LogP contribution >= 0.6 is 0 Å². The summed E-state index contributed by atoms with van der Waals surface area (Å²) in [6.07, 6.45) is 4.14. The Kier molecular flexibility index (Phi) is 2.96. The van der Waals surface area contributed by atoms with Crippen molar-refractivity contribution in [1.82, 2.24) is 9.88 Å². The first kappa shape index (κ1) is 13.4. The van der Waals surface area contributed by atoms with Gasteiger partial charge in [0.2, 0.25) is 0 Å². The number of hydrogen-bond donors (Lipinski definition) is 0. The number of benzene rings is 1. The molecule has 1 spiro atoms. The van der Waals surface area contributed by atoms with Crippen LogP contribution in [-0.4, -0.2) is 34.5 Å². The molecule has 1 atom stereocenters. The van der Waals surface area contributed by atoms with Crippen LogP contribution < -0.4 is 4.74 Å². The quantitative estimate of drug-likeness (QED) is 0.812. The molecule has 22 heavy (non-hydrogen) atoms. The highest BCUT2D eigenvalue weighted by atomic mass is 16.5. The predicted octanol–water partition coefficient (Wildman–Crippen LogP) is 2.59. The maximum atomic E-state index is 12.5. The zero-order valence-electron chi connectivity index (χ0n) is 12.5. The molecule has 2 aliphatic rings. The van der Waals surface area contributed by atoms with E-state index in [4.69, 9.17) is 9.15 Å². The van der Waals surface area contributed by atoms with Gasteiger partial charge < -0.3 is 14.1 Å². The lowest BCUT2D eigenvalue weighted by Crippen LogP contribution is -2.43. The van der Waals surface area contributed by atoms with Crippen LogP contribution in [0.25, 0.3) is 0 Å². The van der Waals surface area contributed by atoms with Gasteiger partial charge in [0.1, 0.15) is 17.1 Å². The number of nitrogens with zero attached hydrogens (tertiary/aromatic N) is 2. The van der Waals surface area contributed by atoms with E-state index in [1.807, 2.05) is 23.1 Å². The maximum Gasteiger partial charge on any atom is 0.276 e. The summed E-state index contributed by atoms with van der Waals surface area (Å²) in [7, 11) is 0. The lowest BCUT2D eigenvalue weighted by Gasteiger charge is -2.35. The molecule has 1 aromatic carbocycles. The summed E-state index contributed by atoms with van der Waals surface area (Å²) >= 11 is 0. The summed E-state index contributed by atoms with van der Waals surface area (Å²) in [6.45, 7) is 3.08. The van der Waals surface area contributed by atoms with Crippen molar-refractivity contribution in [3.63, 3.8) is 0 Å². The number of amides is 1. The molecule has 1 saturated heterocycles. The molecular formula is C17H18N2O3. The standard InChI is InChI=1S/C17H18N2O3/c1-12-15(18-11-21-12)16(20)19-9-8-17(10-19)7-6-13-4-2-3-5-14(13)22-17/h2-5,11H,6-10H2,1H3. The lowest BCUT2D eigenvalue weighted by atomic mass is 9.90. The van der Waals surface area contributed by atoms with E-state index in [2.05, 4.69) is 11.1 Å². The van der Waals surface area contributed by atoms with Gasteiger partial charge in [-0.05, 0) is 31.4 Å². The number of rotatable bonds is 1. The van der Waals surface area contributed by atoms with Gasteiger partial charge in [0.25, 0.3) is 5.91 Å². The zero-order valence-corrected chi connectivity index (χ0v) is 12.5. The SMILES string of the molecule is Cc1ocnc1C(=O)N1CCC2(CCc3ccccc3O2)C1. The number of para-hydroxylation sites is 1. The molecule has 1 amide bonds. The number of likely N-dealkylation sites (tertiary alicyclic amines) is 1. The van der Waals surface area contributed by atoms with E-state index < -0.39 is 0 Å². The summed E-state index contributed by atoms with van der Waals surface area (Å²) in [5.41, 5.74) is 1.42. The summed E-state index contributed by atoms with van der Waals surface area (Å²) in [5.74, 6) is 1.46. The van der Waals surface area contributed by atoms with Gasteiger partial charge in [-0.1, -0.05) is 18.2 Å². The number of carbonyl (C=O) groups excluding carboxylic acids is 1. The second-order valence-electron chi connectivity index (χ2n) is 6.13. The van der Waals surface area contributed by atoms with Crippen molar-refractivity contribution >= 4 is 5.91 Å². The van der Waals surface area contributed by atoms with E-state index in [9.17, 15) is 4.79 Å². The second kappa shape index (κ2) is 4.87. The van der Waals surface area contributed by atoms with Crippen molar-refractivity contribution < 1.29 is 13.9 Å². The molecular weight excluding hydrogens is 280 g/mol. The summed E-state index contributed by atoms with van der Waals surface area (Å²) in [6, 6.07) is 8.16. The normalized spacial score (nSPS) is 23.4. The third-order valence-corrected chi connectivity index (χ3v) is 4.70. The Hall–Kier alpha value is -2.30. The van der Waals surface area contributed by atoms with E-state index in [-0.39, 0.29) is 11.5 Å². The Morgan fingerprint density at radius 3 is 3.00 bits per heavy atom. The van der Waals surface area contributed by atoms with Crippen molar-refractivity contribution in [2.24, 2.45) is 0 Å². The van der Waals surface area contributed by atoms with Crippen LogP contribution in [0.3, 0.4) is 0 Å². The van der Waals surface area contributed by atoms with Crippen molar-refractivity contribution in [2.45, 2.75) is 31.8 Å². The van der Waals surface area contributed by atoms with Crippen molar-refractivity contribution in [1.29, 1.82) is 0 Å². The monoisotopic (exact) mass is 298 g/mol. The Labute approximate surface area is 128 Å². The average Bonchev–Trinajstić information content (AvgIpc) is 3.14. The molecule has 4 rings (SSSR count). The van der Waals surface area contributed by atoms with Gasteiger partial charge in [0, 0.05) is 13.0 Å². The smallest absolute Gasteiger partial charge is 0.276 e. The van der Waals surface area contributed by atoms with Gasteiger partial charge in [-0.2, -0.15) is 0 Å². The molecule has 5 nitrogen and oxygen atoms in total. The minimum Gasteiger partial charge on any atom is -0.485 e. The van der Waals surface area contributed by atoms with Crippen molar-refractivity contribution in [2.75, 3.05) is 13.1 Å². The molecule has 1 aromatic heterocycles. The second-order valence-corrected chi connectivity index (χ2v) is 6.13. The third-order valence-electron chi connectivity index (χ3n) is 4.70. The van der Waals surface area contributed by atoms with Crippen LogP contribution in [0.2, 0.25) is 0 Å². The minimum atomic E-state index is -0.248. The largest absolute Gasteiger partial charge is 0.485 e. The van der Waals surface area contributed by atoms with Gasteiger partial charge in [0.15, 0.2) is 12.1 Å². The van der Waals surface area contributed by atoms with Crippen molar-refractivity contribution in [3.05, 3.63) is 47.7 Å². The fourth-order valence-corrected chi connectivity index (χ4v) is 3.42. The first-order valence-electron chi connectivity index (χ1n) is 7.63. The topological polar surface area (TPSA) is 55.6 Å². The molecule has 2 aromatic rings. The molecule has 114 valence electrons. The average molecular weight is 298 g/mol. The zero-order chi connectivity index (χ0) is 15.2. The summed E-state index contributed by atoms with van der Waals surface area (Å²) in [4.78, 5) is 18.4. The summed E-state index contributed by atoms with van der Waals surface area (Å²) in [5, 5.41) is 0. The van der Waals surface area contributed by atoms with Gasteiger partial charge in [0.05, 0.1) is 6.54 Å². The lowest BCUT2D eigenvalue weighted by molar-refractivity contribution is 0.0482. The molecule has 3 heterocycles. The first-order chi connectivity index (χ1) is 10.7. The Morgan fingerprint density at radius 1 is 1.32 bits per heavy atom. The van der Waals surface area contributed by atoms with Gasteiger partial charge in [-0.3, -0.25) is 4.79 Å². The molecule has 1 unspecified atom stereocenters. The number of oxazole rings is 1. The number of carbonyl (C=O) groups is 1. The van der Waals surface area contributed by atoms with E-state index in [0.717, 1.165) is 25.0 Å². The molecule has 0 aliphatic carbocycles. The first-order valence-corrected chi connectivity index (χ1v) is 7.63. The van der Waals surface area contributed by atoms with Gasteiger partial charge >= 0.3 is 0 Å². The van der Waals surface area contributed by atoms with E-state index in [1.165, 1.54) is 12.0 Å². The molecule has 2 aliphatic heterocycles. The number of aryl methyl sites for hydroxylation is 2. The van der Waals surface area contributed by atoms with E-state index in [0.29, 0.717) is 24.5 Å². The fraction of sp³-hybridized carbons (Fsp3) is 0.412. The number of hydrogen-bond acceptors (Lipinski definition) is 4. The maximum absolute atomic E-state index is 12.5. The molecule has 0 bridgehead atoms. The molecule has 0 saturated carbocycles. The third kappa shape index (κ3) is 2.08. The van der Waals surface area contributed by atoms with Crippen LogP contribution in [0.15, 0.2) is 35.1 Å². The van der Waals surface area contributed by atoms with E-state index in [1.54, 1.807) is 6.92 Å². The van der Waals surface area contributed by atoms with Crippen LogP contribution in [-0.2, 0) is 6.42 Å². The predicted molar refractivity (Wildman–Crippen MR) is 79.9 cm³/mol. The molecule has 0 radical (unpaired) electrons. The van der Waals surface area contributed by atoms with E-state index >= 15 is 0 Å². The Morgan fingerprint density at radius 2 is 2.18 bits per heavy atom. The molecule has 1 fully saturated rings. The highest BCUT2D eigenvalue weighted by Gasteiger charge is 2.44. The number of fused-ring (bicyclic) bond motifs is 1. The van der Waals surface area contributed by atoms with Crippen molar-refractivity contribution in [3.8, 4) is 5.75 Å². The minimum absolute atomic E-state index is 0.0643. The Balaban J connectivity index is 1.54.